The third-order valence-electron chi connectivity index (χ3n) is 3.89. The van der Waals surface area contributed by atoms with Crippen molar-refractivity contribution in [3.63, 3.8) is 0 Å². The summed E-state index contributed by atoms with van der Waals surface area (Å²) in [5, 5.41) is 9.07. The first-order valence-corrected chi connectivity index (χ1v) is 8.45. The van der Waals surface area contributed by atoms with Crippen LogP contribution in [0.25, 0.3) is 0 Å². The highest BCUT2D eigenvalue weighted by Crippen LogP contribution is 2.38. The minimum absolute atomic E-state index is 0.287. The summed E-state index contributed by atoms with van der Waals surface area (Å²) in [4.78, 5) is 36.2. The predicted molar refractivity (Wildman–Crippen MR) is 89.5 cm³/mol. The van der Waals surface area contributed by atoms with Gasteiger partial charge in [0.1, 0.15) is 11.0 Å². The molecule has 0 aromatic carbocycles. The Morgan fingerprint density at radius 3 is 2.79 bits per heavy atom. The average Bonchev–Trinajstić information content (AvgIpc) is 3.33. The Hall–Kier alpha value is -2.48. The monoisotopic (exact) mass is 347 g/mol. The van der Waals surface area contributed by atoms with E-state index < -0.39 is 17.9 Å². The van der Waals surface area contributed by atoms with Gasteiger partial charge in [0.25, 0.3) is 5.56 Å². The highest BCUT2D eigenvalue weighted by molar-refractivity contribution is 7.14. The Labute approximate surface area is 142 Å². The molecule has 1 aliphatic rings. The van der Waals surface area contributed by atoms with Crippen LogP contribution in [0.4, 0.5) is 5.00 Å². The van der Waals surface area contributed by atoms with Gasteiger partial charge < -0.3 is 10.1 Å². The molecule has 126 valence electrons. The standard InChI is InChI=1S/C16H17N3O4S/c1-9(19-13(20)6-5-12(18-19)10-3-4-10)14(21)17-15-11(7-8-24-15)16(22)23-2/h5-10H,3-4H2,1-2H3,(H,17,21). The van der Waals surface area contributed by atoms with E-state index in [1.807, 2.05) is 0 Å². The van der Waals surface area contributed by atoms with E-state index in [1.165, 1.54) is 29.2 Å². The Balaban J connectivity index is 1.80. The van der Waals surface area contributed by atoms with Gasteiger partial charge in [-0.1, -0.05) is 0 Å². The minimum atomic E-state index is -0.788. The van der Waals surface area contributed by atoms with Crippen molar-refractivity contribution in [2.24, 2.45) is 0 Å². The number of carbonyl (C=O) groups excluding carboxylic acids is 2. The third kappa shape index (κ3) is 3.23. The van der Waals surface area contributed by atoms with E-state index in [0.717, 1.165) is 18.5 Å². The molecule has 2 aromatic rings. The zero-order valence-electron chi connectivity index (χ0n) is 13.3. The number of aromatic nitrogens is 2. The van der Waals surface area contributed by atoms with Crippen LogP contribution in [0.5, 0.6) is 0 Å². The van der Waals surface area contributed by atoms with Crippen LogP contribution in [0, 0.1) is 0 Å². The molecule has 0 spiro atoms. The summed E-state index contributed by atoms with van der Waals surface area (Å²) in [6.45, 7) is 1.60. The zero-order valence-corrected chi connectivity index (χ0v) is 14.1. The van der Waals surface area contributed by atoms with Crippen molar-refractivity contribution in [1.29, 1.82) is 0 Å². The van der Waals surface area contributed by atoms with Crippen LogP contribution < -0.4 is 10.9 Å². The van der Waals surface area contributed by atoms with Crippen molar-refractivity contribution in [2.45, 2.75) is 31.7 Å². The molecule has 2 heterocycles. The van der Waals surface area contributed by atoms with Gasteiger partial charge in [0, 0.05) is 12.0 Å². The Bertz CT molecular complexity index is 838. The smallest absolute Gasteiger partial charge is 0.340 e. The lowest BCUT2D eigenvalue weighted by Gasteiger charge is -2.14. The fourth-order valence-corrected chi connectivity index (χ4v) is 3.10. The molecule has 3 rings (SSSR count). The molecule has 1 unspecified atom stereocenters. The largest absolute Gasteiger partial charge is 0.465 e. The van der Waals surface area contributed by atoms with Crippen molar-refractivity contribution < 1.29 is 14.3 Å². The molecule has 1 N–H and O–H groups in total. The number of rotatable bonds is 5. The van der Waals surface area contributed by atoms with Crippen molar-refractivity contribution >= 4 is 28.2 Å². The maximum atomic E-state index is 12.5. The van der Waals surface area contributed by atoms with Gasteiger partial charge in [0.15, 0.2) is 0 Å². The number of nitrogens with zero attached hydrogens (tertiary/aromatic N) is 2. The van der Waals surface area contributed by atoms with Crippen molar-refractivity contribution in [3.05, 3.63) is 45.2 Å². The molecule has 2 aromatic heterocycles. The van der Waals surface area contributed by atoms with Gasteiger partial charge in [-0.05, 0) is 37.3 Å². The highest BCUT2D eigenvalue weighted by atomic mass is 32.1. The first kappa shape index (κ1) is 16.4. The molecule has 1 amide bonds. The first-order chi connectivity index (χ1) is 11.5. The number of amides is 1. The van der Waals surface area contributed by atoms with E-state index in [0.29, 0.717) is 10.9 Å². The number of ether oxygens (including phenoxy) is 1. The summed E-state index contributed by atoms with van der Waals surface area (Å²) >= 11 is 1.22. The summed E-state index contributed by atoms with van der Waals surface area (Å²) in [5.41, 5.74) is 0.789. The first-order valence-electron chi connectivity index (χ1n) is 7.57. The van der Waals surface area contributed by atoms with Gasteiger partial charge in [-0.3, -0.25) is 9.59 Å². The lowest BCUT2D eigenvalue weighted by atomic mass is 10.2. The molecule has 1 aliphatic carbocycles. The summed E-state index contributed by atoms with van der Waals surface area (Å²) in [7, 11) is 1.28. The summed E-state index contributed by atoms with van der Waals surface area (Å²) in [5.74, 6) is -0.550. The maximum Gasteiger partial charge on any atom is 0.340 e. The van der Waals surface area contributed by atoms with E-state index in [2.05, 4.69) is 15.2 Å². The number of esters is 1. The van der Waals surface area contributed by atoms with Crippen molar-refractivity contribution in [2.75, 3.05) is 12.4 Å². The highest BCUT2D eigenvalue weighted by Gasteiger charge is 2.27. The van der Waals surface area contributed by atoms with Crippen LogP contribution in [-0.2, 0) is 9.53 Å². The number of methoxy groups -OCH3 is 1. The summed E-state index contributed by atoms with van der Waals surface area (Å²) < 4.78 is 5.87. The van der Waals surface area contributed by atoms with E-state index in [1.54, 1.807) is 24.4 Å². The molecular weight excluding hydrogens is 330 g/mol. The van der Waals surface area contributed by atoms with Gasteiger partial charge in [0.05, 0.1) is 18.4 Å². The molecule has 1 atom stereocenters. The van der Waals surface area contributed by atoms with Crippen molar-refractivity contribution in [3.8, 4) is 0 Å². The number of hydrogen-bond donors (Lipinski definition) is 1. The van der Waals surface area contributed by atoms with E-state index in [-0.39, 0.29) is 11.1 Å². The molecule has 1 fully saturated rings. The molecular formula is C16H17N3O4S. The number of nitrogens with one attached hydrogen (secondary N) is 1. The van der Waals surface area contributed by atoms with Gasteiger partial charge in [-0.25, -0.2) is 9.48 Å². The molecule has 24 heavy (non-hydrogen) atoms. The van der Waals surface area contributed by atoms with Crippen LogP contribution >= 0.6 is 11.3 Å². The summed E-state index contributed by atoms with van der Waals surface area (Å²) in [6, 6.07) is 3.95. The number of hydrogen-bond acceptors (Lipinski definition) is 6. The van der Waals surface area contributed by atoms with Crippen LogP contribution in [0.3, 0.4) is 0 Å². The van der Waals surface area contributed by atoms with Crippen LogP contribution in [0.2, 0.25) is 0 Å². The average molecular weight is 347 g/mol. The van der Waals surface area contributed by atoms with Gasteiger partial charge in [-0.2, -0.15) is 5.10 Å². The topological polar surface area (TPSA) is 90.3 Å². The number of anilines is 1. The second kappa shape index (κ2) is 6.56. The fourth-order valence-electron chi connectivity index (χ4n) is 2.32. The second-order valence-electron chi connectivity index (χ2n) is 5.64. The number of carbonyl (C=O) groups is 2. The third-order valence-corrected chi connectivity index (χ3v) is 4.72. The van der Waals surface area contributed by atoms with Crippen LogP contribution in [0.1, 0.15) is 47.8 Å². The predicted octanol–water partition coefficient (Wildman–Crippen LogP) is 2.17. The second-order valence-corrected chi connectivity index (χ2v) is 6.55. The van der Waals surface area contributed by atoms with Gasteiger partial charge in [-0.15, -0.1) is 11.3 Å². The lowest BCUT2D eigenvalue weighted by Crippen LogP contribution is -2.33. The zero-order chi connectivity index (χ0) is 17.3. The number of thiophene rings is 1. The van der Waals surface area contributed by atoms with E-state index >= 15 is 0 Å². The van der Waals surface area contributed by atoms with Crippen molar-refractivity contribution in [1.82, 2.24) is 9.78 Å². The Morgan fingerprint density at radius 1 is 1.38 bits per heavy atom. The normalized spacial score (nSPS) is 14.9. The fraction of sp³-hybridized carbons (Fsp3) is 0.375. The summed E-state index contributed by atoms with van der Waals surface area (Å²) in [6.07, 6.45) is 2.12. The molecule has 0 bridgehead atoms. The lowest BCUT2D eigenvalue weighted by molar-refractivity contribution is -0.119. The van der Waals surface area contributed by atoms with E-state index in [4.69, 9.17) is 0 Å². The molecule has 1 saturated carbocycles. The van der Waals surface area contributed by atoms with E-state index in [9.17, 15) is 14.4 Å². The van der Waals surface area contributed by atoms with Gasteiger partial charge >= 0.3 is 5.97 Å². The molecule has 0 aliphatic heterocycles. The SMILES string of the molecule is COC(=O)c1ccsc1NC(=O)C(C)n1nc(C2CC2)ccc1=O. The maximum absolute atomic E-state index is 12.5. The molecule has 7 nitrogen and oxygen atoms in total. The quantitative estimate of drug-likeness (QED) is 0.837. The minimum Gasteiger partial charge on any atom is -0.465 e. The molecule has 8 heteroatoms. The molecule has 0 saturated heterocycles. The Morgan fingerprint density at radius 2 is 2.12 bits per heavy atom. The Kier molecular flexibility index (Phi) is 4.48. The van der Waals surface area contributed by atoms with Gasteiger partial charge in [0.2, 0.25) is 5.91 Å². The molecule has 0 radical (unpaired) electrons. The van der Waals surface area contributed by atoms with Crippen LogP contribution in [0.15, 0.2) is 28.4 Å². The van der Waals surface area contributed by atoms with Crippen LogP contribution in [-0.4, -0.2) is 28.8 Å².